The molecule has 0 spiro atoms. The Morgan fingerprint density at radius 3 is 2.41 bits per heavy atom. The number of hydrogen-bond acceptors (Lipinski definition) is 4. The van der Waals surface area contributed by atoms with Crippen LogP contribution in [-0.2, 0) is 12.3 Å². The highest BCUT2D eigenvalue weighted by molar-refractivity contribution is 7.98. The molecule has 0 fully saturated rings. The Balaban J connectivity index is 1.80. The van der Waals surface area contributed by atoms with E-state index in [1.165, 1.54) is 36.0 Å². The third-order valence-corrected chi connectivity index (χ3v) is 4.69. The van der Waals surface area contributed by atoms with Crippen LogP contribution < -0.4 is 4.74 Å². The van der Waals surface area contributed by atoms with Crippen molar-refractivity contribution in [1.29, 1.82) is 0 Å². The summed E-state index contributed by atoms with van der Waals surface area (Å²) in [5.74, 6) is 1.01. The summed E-state index contributed by atoms with van der Waals surface area (Å²) in [4.78, 5) is 0. The van der Waals surface area contributed by atoms with Gasteiger partial charge in [-0.25, -0.2) is 4.39 Å². The van der Waals surface area contributed by atoms with Gasteiger partial charge in [0.05, 0.1) is 0 Å². The lowest BCUT2D eigenvalue weighted by Crippen LogP contribution is -2.02. The van der Waals surface area contributed by atoms with Crippen LogP contribution in [0.15, 0.2) is 66.3 Å². The summed E-state index contributed by atoms with van der Waals surface area (Å²) < 4.78 is 43.8. The molecule has 3 rings (SSSR count). The number of alkyl halides is 2. The maximum Gasteiger partial charge on any atom is 0.387 e. The van der Waals surface area contributed by atoms with Gasteiger partial charge in [0.1, 0.15) is 11.6 Å². The average Bonchev–Trinajstić information content (AvgIpc) is 3.04. The maximum atomic E-state index is 13.0. The average molecular weight is 391 g/mol. The number of nitrogens with zero attached hydrogens (tertiary/aromatic N) is 3. The van der Waals surface area contributed by atoms with E-state index < -0.39 is 6.61 Å². The van der Waals surface area contributed by atoms with E-state index in [-0.39, 0.29) is 11.6 Å². The van der Waals surface area contributed by atoms with Gasteiger partial charge >= 0.3 is 6.61 Å². The van der Waals surface area contributed by atoms with Crippen molar-refractivity contribution < 1.29 is 17.9 Å². The second-order valence-corrected chi connectivity index (χ2v) is 6.47. The summed E-state index contributed by atoms with van der Waals surface area (Å²) in [6.07, 6.45) is 1.73. The number of allylic oxidation sites excluding steroid dienone is 1. The van der Waals surface area contributed by atoms with Crippen LogP contribution in [0.1, 0.15) is 5.56 Å². The van der Waals surface area contributed by atoms with Gasteiger partial charge < -0.3 is 4.74 Å². The van der Waals surface area contributed by atoms with Crippen LogP contribution >= 0.6 is 11.8 Å². The Bertz CT molecular complexity index is 896. The van der Waals surface area contributed by atoms with Gasteiger partial charge in [0.15, 0.2) is 11.0 Å². The maximum absolute atomic E-state index is 13.0. The first kappa shape index (κ1) is 19.0. The van der Waals surface area contributed by atoms with Gasteiger partial charge in [-0.05, 0) is 42.0 Å². The minimum atomic E-state index is -2.87. The lowest BCUT2D eigenvalue weighted by Gasteiger charge is -2.09. The van der Waals surface area contributed by atoms with E-state index in [1.54, 1.807) is 30.3 Å². The van der Waals surface area contributed by atoms with Crippen molar-refractivity contribution in [3.63, 3.8) is 0 Å². The number of hydrogen-bond donors (Lipinski definition) is 0. The first-order valence-electron chi connectivity index (χ1n) is 8.03. The third-order valence-electron chi connectivity index (χ3n) is 3.65. The third kappa shape index (κ3) is 4.91. The standard InChI is InChI=1S/C19H16F3N3OS/c1-2-11-25-17(14-5-9-16(10-6-14)26-18(21)22)23-24-19(25)27-12-13-3-7-15(20)8-4-13/h2-10,18H,1,11-12H2. The predicted molar refractivity (Wildman–Crippen MR) is 98.2 cm³/mol. The Morgan fingerprint density at radius 1 is 1.07 bits per heavy atom. The Labute approximate surface area is 158 Å². The fraction of sp³-hybridized carbons (Fsp3) is 0.158. The number of halogens is 3. The minimum Gasteiger partial charge on any atom is -0.435 e. The molecule has 0 atom stereocenters. The van der Waals surface area contributed by atoms with Crippen LogP contribution in [0.3, 0.4) is 0 Å². The number of benzene rings is 2. The summed E-state index contributed by atoms with van der Waals surface area (Å²) in [5.41, 5.74) is 1.68. The fourth-order valence-electron chi connectivity index (χ4n) is 2.42. The van der Waals surface area contributed by atoms with E-state index in [9.17, 15) is 13.2 Å². The molecule has 4 nitrogen and oxygen atoms in total. The summed E-state index contributed by atoms with van der Waals surface area (Å²) >= 11 is 1.47. The van der Waals surface area contributed by atoms with Gasteiger partial charge in [0, 0.05) is 17.9 Å². The fourth-order valence-corrected chi connectivity index (χ4v) is 3.32. The quantitative estimate of drug-likeness (QED) is 0.393. The Morgan fingerprint density at radius 2 is 1.78 bits per heavy atom. The molecular weight excluding hydrogens is 375 g/mol. The molecule has 0 aliphatic carbocycles. The van der Waals surface area contributed by atoms with Gasteiger partial charge in [-0.15, -0.1) is 16.8 Å². The lowest BCUT2D eigenvalue weighted by atomic mass is 10.2. The number of aromatic nitrogens is 3. The van der Waals surface area contributed by atoms with E-state index in [4.69, 9.17) is 0 Å². The summed E-state index contributed by atoms with van der Waals surface area (Å²) in [5, 5.41) is 9.12. The van der Waals surface area contributed by atoms with Crippen molar-refractivity contribution in [2.45, 2.75) is 24.1 Å². The highest BCUT2D eigenvalue weighted by Crippen LogP contribution is 2.28. The van der Waals surface area contributed by atoms with Crippen molar-refractivity contribution in [2.75, 3.05) is 0 Å². The summed E-state index contributed by atoms with van der Waals surface area (Å²) in [6.45, 7) is 1.38. The zero-order chi connectivity index (χ0) is 19.2. The van der Waals surface area contributed by atoms with E-state index in [0.29, 0.717) is 23.3 Å². The molecule has 0 aliphatic heterocycles. The van der Waals surface area contributed by atoms with Crippen molar-refractivity contribution in [3.8, 4) is 17.1 Å². The van der Waals surface area contributed by atoms with Crippen LogP contribution in [0.2, 0.25) is 0 Å². The molecular formula is C19H16F3N3OS. The molecule has 2 aromatic carbocycles. The van der Waals surface area contributed by atoms with Crippen LogP contribution in [-0.4, -0.2) is 21.4 Å². The van der Waals surface area contributed by atoms with E-state index in [1.807, 2.05) is 4.57 Å². The molecule has 0 saturated carbocycles. The van der Waals surface area contributed by atoms with Gasteiger partial charge in [0.2, 0.25) is 0 Å². The van der Waals surface area contributed by atoms with Crippen LogP contribution in [0, 0.1) is 5.82 Å². The zero-order valence-corrected chi connectivity index (χ0v) is 15.0. The summed E-state index contributed by atoms with van der Waals surface area (Å²) in [6, 6.07) is 12.5. The zero-order valence-electron chi connectivity index (χ0n) is 14.2. The van der Waals surface area contributed by atoms with E-state index >= 15 is 0 Å². The van der Waals surface area contributed by atoms with Gasteiger partial charge in [0.25, 0.3) is 0 Å². The molecule has 1 heterocycles. The van der Waals surface area contributed by atoms with Crippen LogP contribution in [0.5, 0.6) is 5.75 Å². The molecule has 27 heavy (non-hydrogen) atoms. The van der Waals surface area contributed by atoms with Crippen molar-refractivity contribution >= 4 is 11.8 Å². The smallest absolute Gasteiger partial charge is 0.387 e. The minimum absolute atomic E-state index is 0.0782. The highest BCUT2D eigenvalue weighted by atomic mass is 32.2. The Kier molecular flexibility index (Phi) is 6.18. The summed E-state index contributed by atoms with van der Waals surface area (Å²) in [7, 11) is 0. The van der Waals surface area contributed by atoms with Gasteiger partial charge in [-0.2, -0.15) is 8.78 Å². The lowest BCUT2D eigenvalue weighted by molar-refractivity contribution is -0.0498. The number of rotatable bonds is 8. The SMILES string of the molecule is C=CCn1c(SCc2ccc(F)cc2)nnc1-c1ccc(OC(F)F)cc1. The predicted octanol–water partition coefficient (Wildman–Crippen LogP) is 5.16. The normalized spacial score (nSPS) is 11.0. The van der Waals surface area contributed by atoms with Crippen LogP contribution in [0.4, 0.5) is 13.2 Å². The van der Waals surface area contributed by atoms with Crippen molar-refractivity contribution in [2.24, 2.45) is 0 Å². The van der Waals surface area contributed by atoms with E-state index in [2.05, 4.69) is 21.5 Å². The molecule has 0 saturated heterocycles. The first-order valence-corrected chi connectivity index (χ1v) is 9.02. The molecule has 8 heteroatoms. The van der Waals surface area contributed by atoms with Crippen LogP contribution in [0.25, 0.3) is 11.4 Å². The van der Waals surface area contributed by atoms with Gasteiger partial charge in [-0.3, -0.25) is 4.57 Å². The highest BCUT2D eigenvalue weighted by Gasteiger charge is 2.14. The molecule has 140 valence electrons. The van der Waals surface area contributed by atoms with Crippen molar-refractivity contribution in [1.82, 2.24) is 14.8 Å². The molecule has 0 radical (unpaired) electrons. The molecule has 0 amide bonds. The second kappa shape index (κ2) is 8.77. The monoisotopic (exact) mass is 391 g/mol. The molecule has 3 aromatic rings. The molecule has 0 N–H and O–H groups in total. The Hall–Kier alpha value is -2.74. The topological polar surface area (TPSA) is 39.9 Å². The molecule has 1 aromatic heterocycles. The van der Waals surface area contributed by atoms with E-state index in [0.717, 1.165) is 11.1 Å². The first-order chi connectivity index (χ1) is 13.1. The molecule has 0 bridgehead atoms. The molecule has 0 unspecified atom stereocenters. The van der Waals surface area contributed by atoms with Crippen molar-refractivity contribution in [3.05, 3.63) is 72.6 Å². The number of ether oxygens (including phenoxy) is 1. The molecule has 0 aliphatic rings. The second-order valence-electron chi connectivity index (χ2n) is 5.52. The van der Waals surface area contributed by atoms with Gasteiger partial charge in [-0.1, -0.05) is 30.0 Å². The largest absolute Gasteiger partial charge is 0.435 e. The number of thioether (sulfide) groups is 1.